The predicted molar refractivity (Wildman–Crippen MR) is 103 cm³/mol. The van der Waals surface area contributed by atoms with Gasteiger partial charge in [0.05, 0.1) is 4.88 Å². The summed E-state index contributed by atoms with van der Waals surface area (Å²) in [6.07, 6.45) is 12.1. The lowest BCUT2D eigenvalue weighted by molar-refractivity contribution is -0.0687. The molecule has 5 aliphatic carbocycles. The first-order valence-electron chi connectivity index (χ1n) is 10.4. The van der Waals surface area contributed by atoms with Gasteiger partial charge in [0.15, 0.2) is 0 Å². The molecule has 0 saturated heterocycles. The quantitative estimate of drug-likeness (QED) is 0.791. The van der Waals surface area contributed by atoms with E-state index in [1.807, 2.05) is 0 Å². The molecule has 5 aliphatic rings. The molecule has 0 aliphatic heterocycles. The summed E-state index contributed by atoms with van der Waals surface area (Å²) in [6.45, 7) is 4.62. The van der Waals surface area contributed by atoms with Crippen LogP contribution in [0.5, 0.6) is 0 Å². The fourth-order valence-electron chi connectivity index (χ4n) is 6.95. The highest BCUT2D eigenvalue weighted by atomic mass is 32.1. The fourth-order valence-corrected chi connectivity index (χ4v) is 8.06. The number of rotatable bonds is 3. The first kappa shape index (κ1) is 16.4. The number of fused-ring (bicyclic) bond motifs is 1. The Labute approximate surface area is 155 Å². The number of carbonyl (C=O) groups is 1. The minimum atomic E-state index is 0.190. The van der Waals surface area contributed by atoms with Crippen molar-refractivity contribution in [3.8, 4) is 0 Å². The zero-order valence-electron chi connectivity index (χ0n) is 15.6. The molecule has 0 radical (unpaired) electrons. The Hall–Kier alpha value is -0.830. The summed E-state index contributed by atoms with van der Waals surface area (Å²) in [4.78, 5) is 15.4. The summed E-state index contributed by atoms with van der Waals surface area (Å²) < 4.78 is 0. The van der Waals surface area contributed by atoms with Crippen molar-refractivity contribution in [2.75, 3.05) is 0 Å². The molecule has 2 atom stereocenters. The van der Waals surface area contributed by atoms with Crippen LogP contribution in [0.2, 0.25) is 0 Å². The second kappa shape index (κ2) is 5.84. The first-order valence-corrected chi connectivity index (χ1v) is 11.2. The van der Waals surface area contributed by atoms with Gasteiger partial charge in [-0.15, -0.1) is 11.3 Å². The normalized spacial score (nSPS) is 39.9. The van der Waals surface area contributed by atoms with E-state index in [0.717, 1.165) is 35.0 Å². The molecule has 2 nitrogen and oxygen atoms in total. The molecule has 25 heavy (non-hydrogen) atoms. The Morgan fingerprint density at radius 3 is 2.48 bits per heavy atom. The van der Waals surface area contributed by atoms with E-state index in [9.17, 15) is 4.79 Å². The largest absolute Gasteiger partial charge is 0.348 e. The number of hydrogen-bond acceptors (Lipinski definition) is 2. The van der Waals surface area contributed by atoms with Crippen molar-refractivity contribution in [3.63, 3.8) is 0 Å². The van der Waals surface area contributed by atoms with Gasteiger partial charge in [0.25, 0.3) is 5.91 Å². The first-order chi connectivity index (χ1) is 12.0. The molecule has 0 unspecified atom stereocenters. The maximum atomic E-state index is 12.9. The van der Waals surface area contributed by atoms with Gasteiger partial charge in [-0.25, -0.2) is 0 Å². The topological polar surface area (TPSA) is 29.1 Å². The minimum Gasteiger partial charge on any atom is -0.348 e. The zero-order chi connectivity index (χ0) is 17.2. The van der Waals surface area contributed by atoms with Gasteiger partial charge in [0, 0.05) is 10.9 Å². The van der Waals surface area contributed by atoms with Gasteiger partial charge >= 0.3 is 0 Å². The third kappa shape index (κ3) is 2.78. The van der Waals surface area contributed by atoms with Crippen molar-refractivity contribution in [1.82, 2.24) is 5.32 Å². The molecule has 1 heterocycles. The van der Waals surface area contributed by atoms with E-state index < -0.39 is 0 Å². The summed E-state index contributed by atoms with van der Waals surface area (Å²) >= 11 is 1.75. The average molecular weight is 358 g/mol. The molecule has 1 amide bonds. The van der Waals surface area contributed by atoms with Gasteiger partial charge in [-0.1, -0.05) is 6.92 Å². The average Bonchev–Trinajstić information content (AvgIpc) is 2.96. The lowest BCUT2D eigenvalue weighted by atomic mass is 9.48. The Kier molecular flexibility index (Phi) is 3.82. The number of hydrogen-bond donors (Lipinski definition) is 1. The summed E-state index contributed by atoms with van der Waals surface area (Å²) in [5, 5.41) is 3.45. The molecule has 4 fully saturated rings. The molecule has 1 aromatic heterocycles. The highest BCUT2D eigenvalue weighted by molar-refractivity contribution is 7.14. The molecule has 4 saturated carbocycles. The highest BCUT2D eigenvalue weighted by Gasteiger charge is 2.53. The van der Waals surface area contributed by atoms with Crippen molar-refractivity contribution in [1.29, 1.82) is 0 Å². The smallest absolute Gasteiger partial charge is 0.261 e. The second-order valence-corrected chi connectivity index (χ2v) is 11.0. The number of nitrogens with one attached hydrogen (secondary N) is 1. The number of aryl methyl sites for hydroxylation is 1. The van der Waals surface area contributed by atoms with Crippen molar-refractivity contribution in [2.45, 2.75) is 77.7 Å². The molecule has 0 spiro atoms. The van der Waals surface area contributed by atoms with Gasteiger partial charge in [0.1, 0.15) is 0 Å². The van der Waals surface area contributed by atoms with Crippen LogP contribution in [-0.2, 0) is 12.8 Å². The van der Waals surface area contributed by atoms with E-state index in [4.69, 9.17) is 0 Å². The van der Waals surface area contributed by atoms with E-state index in [0.29, 0.717) is 11.5 Å². The van der Waals surface area contributed by atoms with Gasteiger partial charge in [-0.3, -0.25) is 4.79 Å². The molecule has 136 valence electrons. The standard InChI is InChI=1S/C22H31NOS/c1-13-3-4-19-18(5-13)9-20(25-19)21(24)23-14(2)22-10-15-6-16(11-22)8-17(7-15)12-22/h9,13-17H,3-8,10-12H2,1-2H3,(H,23,24)/t13-,14+,15?,16?,17?,22?/m0/s1. The van der Waals surface area contributed by atoms with Crippen LogP contribution in [0.15, 0.2) is 6.07 Å². The van der Waals surface area contributed by atoms with Crippen LogP contribution in [-0.4, -0.2) is 11.9 Å². The lowest BCUT2D eigenvalue weighted by Crippen LogP contribution is -2.55. The third-order valence-electron chi connectivity index (χ3n) is 7.90. The molecule has 6 rings (SSSR count). The van der Waals surface area contributed by atoms with Crippen molar-refractivity contribution in [3.05, 3.63) is 21.4 Å². The number of carbonyl (C=O) groups excluding carboxylic acids is 1. The molecular formula is C22H31NOS. The third-order valence-corrected chi connectivity index (χ3v) is 9.14. The summed E-state index contributed by atoms with van der Waals surface area (Å²) in [5.74, 6) is 3.79. The van der Waals surface area contributed by atoms with Crippen LogP contribution in [0.25, 0.3) is 0 Å². The van der Waals surface area contributed by atoms with Crippen LogP contribution >= 0.6 is 11.3 Å². The molecule has 1 aromatic rings. The van der Waals surface area contributed by atoms with Gasteiger partial charge < -0.3 is 5.32 Å². The summed E-state index contributed by atoms with van der Waals surface area (Å²) in [5.41, 5.74) is 1.84. The SMILES string of the molecule is C[C@H]1CCc2sc(C(=O)N[C@H](C)C34CC5CC(CC(C5)C3)C4)cc2C1. The maximum Gasteiger partial charge on any atom is 0.261 e. The van der Waals surface area contributed by atoms with Crippen LogP contribution in [0.4, 0.5) is 0 Å². The van der Waals surface area contributed by atoms with E-state index >= 15 is 0 Å². The highest BCUT2D eigenvalue weighted by Crippen LogP contribution is 2.61. The van der Waals surface area contributed by atoms with E-state index in [1.54, 1.807) is 11.3 Å². The lowest BCUT2D eigenvalue weighted by Gasteiger charge is -2.59. The zero-order valence-corrected chi connectivity index (χ0v) is 16.5. The minimum absolute atomic E-state index is 0.190. The van der Waals surface area contributed by atoms with Crippen molar-refractivity contribution >= 4 is 17.2 Å². The Bertz CT molecular complexity index is 655. The predicted octanol–water partition coefficient (Wildman–Crippen LogP) is 5.21. The van der Waals surface area contributed by atoms with Crippen LogP contribution < -0.4 is 5.32 Å². The second-order valence-electron chi connectivity index (χ2n) is 9.88. The molecule has 4 bridgehead atoms. The Morgan fingerprint density at radius 1 is 1.20 bits per heavy atom. The molecule has 3 heteroatoms. The van der Waals surface area contributed by atoms with Crippen LogP contribution in [0.3, 0.4) is 0 Å². The van der Waals surface area contributed by atoms with E-state index in [1.165, 1.54) is 61.8 Å². The van der Waals surface area contributed by atoms with Gasteiger partial charge in [-0.05, 0) is 105 Å². The van der Waals surface area contributed by atoms with Crippen molar-refractivity contribution in [2.24, 2.45) is 29.1 Å². The fraction of sp³-hybridized carbons (Fsp3) is 0.773. The molecule has 1 N–H and O–H groups in total. The molecular weight excluding hydrogens is 326 g/mol. The maximum absolute atomic E-state index is 12.9. The van der Waals surface area contributed by atoms with Crippen molar-refractivity contribution < 1.29 is 4.79 Å². The number of thiophene rings is 1. The number of amides is 1. The Morgan fingerprint density at radius 2 is 1.84 bits per heavy atom. The van der Waals surface area contributed by atoms with Crippen LogP contribution in [0.1, 0.15) is 78.9 Å². The molecule has 0 aromatic carbocycles. The monoisotopic (exact) mass is 357 g/mol. The summed E-state index contributed by atoms with van der Waals surface area (Å²) in [7, 11) is 0. The Balaban J connectivity index is 1.31. The summed E-state index contributed by atoms with van der Waals surface area (Å²) in [6, 6.07) is 2.52. The van der Waals surface area contributed by atoms with Gasteiger partial charge in [-0.2, -0.15) is 0 Å². The van der Waals surface area contributed by atoms with Crippen LogP contribution in [0, 0.1) is 29.1 Å². The van der Waals surface area contributed by atoms with E-state index in [2.05, 4.69) is 25.2 Å². The van der Waals surface area contributed by atoms with E-state index in [-0.39, 0.29) is 5.91 Å². The van der Waals surface area contributed by atoms with Gasteiger partial charge in [0.2, 0.25) is 0 Å².